The van der Waals surface area contributed by atoms with Gasteiger partial charge in [0, 0.05) is 23.3 Å². The maximum absolute atomic E-state index is 14.7. The van der Waals surface area contributed by atoms with E-state index in [9.17, 15) is 27.6 Å². The van der Waals surface area contributed by atoms with Gasteiger partial charge < -0.3 is 25.0 Å². The second-order valence-corrected chi connectivity index (χ2v) is 19.4. The third-order valence-corrected chi connectivity index (χ3v) is 14.2. The summed E-state index contributed by atoms with van der Waals surface area (Å²) in [7, 11) is -3.99. The van der Waals surface area contributed by atoms with E-state index in [4.69, 9.17) is 14.5 Å². The molecule has 1 aromatic carbocycles. The topological polar surface area (TPSA) is 173 Å². The van der Waals surface area contributed by atoms with Crippen LogP contribution in [0, 0.1) is 12.8 Å². The number of rotatable bonds is 4. The fraction of sp³-hybridized carbons (Fsp3) is 0.625. The number of aromatic nitrogens is 1. The molecule has 292 valence electrons. The maximum Gasteiger partial charge on any atom is 0.408 e. The van der Waals surface area contributed by atoms with Gasteiger partial charge in [0.25, 0.3) is 5.91 Å². The summed E-state index contributed by atoms with van der Waals surface area (Å²) in [6.45, 7) is 8.81. The van der Waals surface area contributed by atoms with E-state index in [0.717, 1.165) is 29.3 Å². The van der Waals surface area contributed by atoms with Gasteiger partial charge in [0.05, 0.1) is 22.5 Å². The molecule has 13 nitrogen and oxygen atoms in total. The molecule has 3 fully saturated rings. The fourth-order valence-corrected chi connectivity index (χ4v) is 9.78. The molecule has 4 amide bonds. The summed E-state index contributed by atoms with van der Waals surface area (Å²) >= 11 is 0. The van der Waals surface area contributed by atoms with E-state index < -0.39 is 73.3 Å². The van der Waals surface area contributed by atoms with Gasteiger partial charge in [-0.15, -0.1) is 0 Å². The lowest BCUT2D eigenvalue weighted by Gasteiger charge is -2.48. The standard InChI is InChI=1S/C40H53N5O8S/c1-25-32-28(27-14-11-12-15-29(27)41-25)18-19-39(52-32)23-31-33(46)43-40(35(48)44-54(50,51)38(5)21-22-38)20-17-26(40)13-9-7-6-8-10-16-30(34(47)45(31)24-39)42-36(49)53-37(2,3)4/h9,11-15,26,30-31H,6-8,10,16-24H2,1-5H3,(H,42,49)(H,43,46)(H,44,48). The Morgan fingerprint density at radius 1 is 1.06 bits per heavy atom. The van der Waals surface area contributed by atoms with Crippen molar-refractivity contribution in [1.29, 1.82) is 0 Å². The molecule has 1 spiro atoms. The van der Waals surface area contributed by atoms with Crippen LogP contribution in [0.15, 0.2) is 36.4 Å². The number of benzene rings is 1. The van der Waals surface area contributed by atoms with E-state index in [1.54, 1.807) is 27.7 Å². The number of hydrogen-bond acceptors (Lipinski definition) is 9. The minimum atomic E-state index is -3.99. The summed E-state index contributed by atoms with van der Waals surface area (Å²) < 4.78 is 40.3. The van der Waals surface area contributed by atoms with Crippen LogP contribution in [-0.4, -0.2) is 82.2 Å². The van der Waals surface area contributed by atoms with Crippen LogP contribution in [0.3, 0.4) is 0 Å². The van der Waals surface area contributed by atoms with Gasteiger partial charge in [-0.1, -0.05) is 43.2 Å². The molecule has 5 atom stereocenters. The molecule has 1 aromatic heterocycles. The van der Waals surface area contributed by atoms with E-state index in [2.05, 4.69) is 15.4 Å². The van der Waals surface area contributed by atoms with Crippen LogP contribution < -0.4 is 20.1 Å². The SMILES string of the molecule is Cc1nc2ccccc2c2c1OC1(CC2)CC2C(=O)NC3(C(=O)NS(=O)(=O)C4(C)CC4)CCC3C=CCCCCCC(NC(=O)OC(C)(C)C)C(=O)N2C1. The Kier molecular flexibility index (Phi) is 9.75. The number of fused-ring (bicyclic) bond motifs is 5. The summed E-state index contributed by atoms with van der Waals surface area (Å²) in [6.07, 6.45) is 9.44. The highest BCUT2D eigenvalue weighted by molar-refractivity contribution is 7.91. The number of nitrogens with one attached hydrogen (secondary N) is 3. The number of hydrogen-bond donors (Lipinski definition) is 3. The van der Waals surface area contributed by atoms with Gasteiger partial charge in [0.15, 0.2) is 0 Å². The predicted molar refractivity (Wildman–Crippen MR) is 202 cm³/mol. The predicted octanol–water partition coefficient (Wildman–Crippen LogP) is 4.89. The normalized spacial score (nSPS) is 29.6. The second kappa shape index (κ2) is 13.8. The number of pyridine rings is 1. The summed E-state index contributed by atoms with van der Waals surface area (Å²) in [5.41, 5.74) is -0.679. The lowest BCUT2D eigenvalue weighted by atomic mass is 9.65. The number of para-hydroxylation sites is 1. The molecule has 2 aromatic rings. The van der Waals surface area contributed by atoms with Crippen LogP contribution in [0.4, 0.5) is 4.79 Å². The lowest BCUT2D eigenvalue weighted by Crippen LogP contribution is -2.70. The number of ether oxygens (including phenoxy) is 2. The van der Waals surface area contributed by atoms with Gasteiger partial charge in [-0.2, -0.15) is 0 Å². The van der Waals surface area contributed by atoms with Crippen molar-refractivity contribution in [2.24, 2.45) is 5.92 Å². The Morgan fingerprint density at radius 3 is 2.52 bits per heavy atom. The Morgan fingerprint density at radius 2 is 1.81 bits per heavy atom. The fourth-order valence-electron chi connectivity index (χ4n) is 8.46. The minimum Gasteiger partial charge on any atom is -0.483 e. The van der Waals surface area contributed by atoms with Gasteiger partial charge in [0.2, 0.25) is 21.8 Å². The Balaban J connectivity index is 1.25. The maximum atomic E-state index is 14.7. The van der Waals surface area contributed by atoms with Crippen molar-refractivity contribution >= 4 is 44.7 Å². The highest BCUT2D eigenvalue weighted by Gasteiger charge is 2.59. The second-order valence-electron chi connectivity index (χ2n) is 17.2. The van der Waals surface area contributed by atoms with Crippen molar-refractivity contribution in [1.82, 2.24) is 25.2 Å². The Hall–Kier alpha value is -4.20. The van der Waals surface area contributed by atoms with E-state index >= 15 is 0 Å². The molecule has 1 saturated heterocycles. The van der Waals surface area contributed by atoms with Gasteiger partial charge >= 0.3 is 6.09 Å². The van der Waals surface area contributed by atoms with E-state index in [-0.39, 0.29) is 19.4 Å². The van der Waals surface area contributed by atoms with Gasteiger partial charge in [0.1, 0.15) is 34.6 Å². The average molecular weight is 764 g/mol. The number of allylic oxidation sites excluding steroid dienone is 1. The van der Waals surface area contributed by atoms with Gasteiger partial charge in [-0.05, 0) is 98.5 Å². The molecule has 3 N–H and O–H groups in total. The number of carbonyl (C=O) groups is 4. The monoisotopic (exact) mass is 763 g/mol. The first-order valence-corrected chi connectivity index (χ1v) is 20.9. The van der Waals surface area contributed by atoms with E-state index in [1.807, 2.05) is 43.3 Å². The number of carbonyl (C=O) groups excluding carboxylic acids is 4. The minimum absolute atomic E-state index is 0.0669. The van der Waals surface area contributed by atoms with Crippen LogP contribution in [0.25, 0.3) is 10.9 Å². The van der Waals surface area contributed by atoms with E-state index in [1.165, 1.54) is 4.90 Å². The third kappa shape index (κ3) is 7.17. The van der Waals surface area contributed by atoms with E-state index in [0.29, 0.717) is 62.8 Å². The first kappa shape index (κ1) is 38.1. The molecule has 54 heavy (non-hydrogen) atoms. The van der Waals surface area contributed by atoms with Crippen LogP contribution >= 0.6 is 0 Å². The molecule has 5 aliphatic rings. The Bertz CT molecular complexity index is 2010. The molecular weight excluding hydrogens is 711 g/mol. The van der Waals surface area contributed by atoms with Crippen molar-refractivity contribution in [2.45, 2.75) is 145 Å². The van der Waals surface area contributed by atoms with Crippen molar-refractivity contribution in [2.75, 3.05) is 6.54 Å². The third-order valence-electron chi connectivity index (χ3n) is 12.0. The van der Waals surface area contributed by atoms with Gasteiger partial charge in [-0.25, -0.2) is 18.2 Å². The van der Waals surface area contributed by atoms with Crippen molar-refractivity contribution in [3.05, 3.63) is 47.7 Å². The van der Waals surface area contributed by atoms with Crippen LogP contribution in [0.5, 0.6) is 5.75 Å². The molecule has 7 rings (SSSR count). The first-order valence-electron chi connectivity index (χ1n) is 19.4. The summed E-state index contributed by atoms with van der Waals surface area (Å²) in [5.74, 6) is -1.58. The molecule has 3 aliphatic heterocycles. The highest BCUT2D eigenvalue weighted by atomic mass is 32.2. The highest BCUT2D eigenvalue weighted by Crippen LogP contribution is 2.47. The molecule has 0 radical (unpaired) electrons. The largest absolute Gasteiger partial charge is 0.483 e. The number of alkyl carbamates (subject to hydrolysis) is 1. The zero-order valence-electron chi connectivity index (χ0n) is 32.0. The average Bonchev–Trinajstić information content (AvgIpc) is 3.76. The summed E-state index contributed by atoms with van der Waals surface area (Å²) in [4.78, 5) is 63.0. The van der Waals surface area contributed by atoms with Crippen LogP contribution in [0.2, 0.25) is 0 Å². The zero-order valence-corrected chi connectivity index (χ0v) is 32.8. The first-order chi connectivity index (χ1) is 25.4. The number of aryl methyl sites for hydroxylation is 2. The summed E-state index contributed by atoms with van der Waals surface area (Å²) in [6, 6.07) is 5.83. The lowest BCUT2D eigenvalue weighted by molar-refractivity contribution is -0.144. The van der Waals surface area contributed by atoms with Crippen LogP contribution in [-0.2, 0) is 35.6 Å². The molecule has 4 heterocycles. The molecular formula is C40H53N5O8S. The molecule has 0 bridgehead atoms. The molecule has 14 heteroatoms. The Labute approximate surface area is 317 Å². The quantitative estimate of drug-likeness (QED) is 0.367. The molecule has 2 aliphatic carbocycles. The number of sulfonamides is 1. The number of nitrogens with zero attached hydrogens (tertiary/aromatic N) is 2. The van der Waals surface area contributed by atoms with Crippen molar-refractivity contribution < 1.29 is 37.1 Å². The molecule has 5 unspecified atom stereocenters. The smallest absolute Gasteiger partial charge is 0.408 e. The number of amides is 4. The molecule has 2 saturated carbocycles. The zero-order chi connectivity index (χ0) is 38.7. The van der Waals surface area contributed by atoms with Gasteiger partial charge in [-0.3, -0.25) is 19.1 Å². The summed E-state index contributed by atoms with van der Waals surface area (Å²) in [5, 5.41) is 6.80. The van der Waals surface area contributed by atoms with Crippen LogP contribution in [0.1, 0.15) is 110 Å². The van der Waals surface area contributed by atoms with Crippen molar-refractivity contribution in [3.8, 4) is 5.75 Å². The van der Waals surface area contributed by atoms with Crippen molar-refractivity contribution in [3.63, 3.8) is 0 Å².